The van der Waals surface area contributed by atoms with Crippen molar-refractivity contribution in [1.82, 2.24) is 0 Å². The van der Waals surface area contributed by atoms with Gasteiger partial charge >= 0.3 is 0 Å². The second-order valence-corrected chi connectivity index (χ2v) is 5.85. The molecule has 18 heavy (non-hydrogen) atoms. The molecule has 0 bridgehead atoms. The molecule has 2 atom stereocenters. The van der Waals surface area contributed by atoms with E-state index in [0.29, 0.717) is 10.0 Å². The quantitative estimate of drug-likeness (QED) is 0.896. The fourth-order valence-corrected chi connectivity index (χ4v) is 3.26. The van der Waals surface area contributed by atoms with Crippen molar-refractivity contribution in [2.24, 2.45) is 11.7 Å². The first kappa shape index (κ1) is 14.0. The molecule has 1 aromatic carbocycles. The Morgan fingerprint density at radius 3 is 2.61 bits per heavy atom. The van der Waals surface area contributed by atoms with Crippen molar-refractivity contribution >= 4 is 15.9 Å². The highest BCUT2D eigenvalue weighted by Crippen LogP contribution is 2.34. The van der Waals surface area contributed by atoms with Crippen molar-refractivity contribution in [3.05, 3.63) is 34.1 Å². The van der Waals surface area contributed by atoms with E-state index >= 15 is 0 Å². The van der Waals surface area contributed by atoms with Crippen molar-refractivity contribution in [2.45, 2.75) is 44.2 Å². The van der Waals surface area contributed by atoms with Gasteiger partial charge in [-0.05, 0) is 46.3 Å². The van der Waals surface area contributed by atoms with Crippen LogP contribution in [0, 0.1) is 11.7 Å². The van der Waals surface area contributed by atoms with Crippen molar-refractivity contribution in [3.8, 4) is 0 Å². The number of benzene rings is 1. The van der Waals surface area contributed by atoms with Gasteiger partial charge in [0.05, 0.1) is 16.6 Å². The van der Waals surface area contributed by atoms with E-state index in [1.54, 1.807) is 12.1 Å². The number of hydrogen-bond acceptors (Lipinski definition) is 2. The summed E-state index contributed by atoms with van der Waals surface area (Å²) >= 11 is 3.21. The molecule has 2 rings (SSSR count). The van der Waals surface area contributed by atoms with Crippen LogP contribution in [0.15, 0.2) is 22.7 Å². The van der Waals surface area contributed by atoms with Crippen LogP contribution in [-0.2, 0) is 0 Å². The molecule has 3 N–H and O–H groups in total. The van der Waals surface area contributed by atoms with Gasteiger partial charge < -0.3 is 10.8 Å². The Morgan fingerprint density at radius 1 is 1.28 bits per heavy atom. The zero-order chi connectivity index (χ0) is 13.1. The largest absolute Gasteiger partial charge is 0.391 e. The summed E-state index contributed by atoms with van der Waals surface area (Å²) < 4.78 is 13.8. The number of aliphatic hydroxyl groups is 1. The Bertz CT molecular complexity index is 407. The maximum absolute atomic E-state index is 13.5. The Balaban J connectivity index is 2.14. The summed E-state index contributed by atoms with van der Waals surface area (Å²) in [5.41, 5.74) is 6.74. The standard InChI is InChI=1S/C14H19BrFNO/c15-12-10(7-4-8-11(12)16)13(17)14(18)9-5-2-1-3-6-9/h4,7-9,13-14,18H,1-3,5-6,17H2/t13-,14+/m0/s1. The lowest BCUT2D eigenvalue weighted by atomic mass is 9.81. The lowest BCUT2D eigenvalue weighted by molar-refractivity contribution is 0.0615. The zero-order valence-electron chi connectivity index (χ0n) is 10.3. The van der Waals surface area contributed by atoms with Crippen molar-refractivity contribution in [3.63, 3.8) is 0 Å². The molecular formula is C14H19BrFNO. The highest BCUT2D eigenvalue weighted by Gasteiger charge is 2.29. The molecule has 0 heterocycles. The van der Waals surface area contributed by atoms with Gasteiger partial charge in [-0.25, -0.2) is 4.39 Å². The van der Waals surface area contributed by atoms with E-state index in [-0.39, 0.29) is 11.7 Å². The summed E-state index contributed by atoms with van der Waals surface area (Å²) in [5, 5.41) is 10.3. The Hall–Kier alpha value is -0.450. The molecule has 4 heteroatoms. The van der Waals surface area contributed by atoms with Gasteiger partial charge in [-0.15, -0.1) is 0 Å². The third-order valence-electron chi connectivity index (χ3n) is 3.84. The van der Waals surface area contributed by atoms with Crippen LogP contribution in [-0.4, -0.2) is 11.2 Å². The first-order valence-corrected chi connectivity index (χ1v) is 7.28. The van der Waals surface area contributed by atoms with Crippen LogP contribution >= 0.6 is 15.9 Å². The normalized spacial score (nSPS) is 20.7. The van der Waals surface area contributed by atoms with Crippen LogP contribution in [0.2, 0.25) is 0 Å². The van der Waals surface area contributed by atoms with Crippen LogP contribution in [0.3, 0.4) is 0 Å². The van der Waals surface area contributed by atoms with Crippen LogP contribution in [0.1, 0.15) is 43.7 Å². The minimum atomic E-state index is -0.594. The van der Waals surface area contributed by atoms with E-state index in [0.717, 1.165) is 25.7 Å². The molecule has 1 fully saturated rings. The molecular weight excluding hydrogens is 297 g/mol. The summed E-state index contributed by atoms with van der Waals surface area (Å²) in [5.74, 6) is -0.0947. The van der Waals surface area contributed by atoms with Crippen molar-refractivity contribution in [2.75, 3.05) is 0 Å². The minimum Gasteiger partial charge on any atom is -0.391 e. The Morgan fingerprint density at radius 2 is 1.94 bits per heavy atom. The second-order valence-electron chi connectivity index (χ2n) is 5.06. The van der Waals surface area contributed by atoms with Gasteiger partial charge in [-0.2, -0.15) is 0 Å². The van der Waals surface area contributed by atoms with Gasteiger partial charge in [0.25, 0.3) is 0 Å². The molecule has 1 aliphatic rings. The summed E-state index contributed by atoms with van der Waals surface area (Å²) in [4.78, 5) is 0. The summed E-state index contributed by atoms with van der Waals surface area (Å²) in [6.07, 6.45) is 4.98. The van der Waals surface area contributed by atoms with Crippen LogP contribution in [0.4, 0.5) is 4.39 Å². The third-order valence-corrected chi connectivity index (χ3v) is 4.68. The topological polar surface area (TPSA) is 46.2 Å². The Kier molecular flexibility index (Phi) is 4.76. The maximum atomic E-state index is 13.5. The fraction of sp³-hybridized carbons (Fsp3) is 0.571. The number of nitrogens with two attached hydrogens (primary N) is 1. The van der Waals surface area contributed by atoms with Gasteiger partial charge in [-0.1, -0.05) is 31.4 Å². The summed E-state index contributed by atoms with van der Waals surface area (Å²) in [6, 6.07) is 4.25. The molecule has 0 saturated heterocycles. The average Bonchev–Trinajstić information content (AvgIpc) is 2.41. The third kappa shape index (κ3) is 2.92. The lowest BCUT2D eigenvalue weighted by Gasteiger charge is -2.31. The van der Waals surface area contributed by atoms with Gasteiger partial charge in [0.2, 0.25) is 0 Å². The molecule has 1 saturated carbocycles. The fourth-order valence-electron chi connectivity index (χ4n) is 2.73. The molecule has 0 aliphatic heterocycles. The molecule has 0 spiro atoms. The van der Waals surface area contributed by atoms with Gasteiger partial charge in [0, 0.05) is 0 Å². The highest BCUT2D eigenvalue weighted by atomic mass is 79.9. The molecule has 1 aromatic rings. The molecule has 100 valence electrons. The van der Waals surface area contributed by atoms with E-state index in [9.17, 15) is 9.50 Å². The average molecular weight is 316 g/mol. The molecule has 0 amide bonds. The van der Waals surface area contributed by atoms with Gasteiger partial charge in [0.1, 0.15) is 5.82 Å². The van der Waals surface area contributed by atoms with Gasteiger partial charge in [0.15, 0.2) is 0 Å². The minimum absolute atomic E-state index is 0.240. The first-order valence-electron chi connectivity index (χ1n) is 6.49. The SMILES string of the molecule is N[C@@H](c1cccc(F)c1Br)[C@H](O)C1CCCCC1. The molecule has 1 aliphatic carbocycles. The van der Waals surface area contributed by atoms with E-state index in [2.05, 4.69) is 15.9 Å². The molecule has 2 nitrogen and oxygen atoms in total. The van der Waals surface area contributed by atoms with Crippen LogP contribution < -0.4 is 5.73 Å². The second kappa shape index (κ2) is 6.13. The molecule has 0 unspecified atom stereocenters. The number of rotatable bonds is 3. The first-order chi connectivity index (χ1) is 8.61. The Labute approximate surface area is 116 Å². The number of hydrogen-bond donors (Lipinski definition) is 2. The van der Waals surface area contributed by atoms with E-state index in [4.69, 9.17) is 5.73 Å². The predicted molar refractivity (Wildman–Crippen MR) is 73.6 cm³/mol. The van der Waals surface area contributed by atoms with Crippen molar-refractivity contribution < 1.29 is 9.50 Å². The number of halogens is 2. The van der Waals surface area contributed by atoms with Crippen molar-refractivity contribution in [1.29, 1.82) is 0 Å². The van der Waals surface area contributed by atoms with E-state index in [1.165, 1.54) is 12.5 Å². The number of aliphatic hydroxyl groups excluding tert-OH is 1. The predicted octanol–water partition coefficient (Wildman–Crippen LogP) is 3.53. The van der Waals surface area contributed by atoms with E-state index < -0.39 is 12.1 Å². The summed E-state index contributed by atoms with van der Waals surface area (Å²) in [6.45, 7) is 0. The highest BCUT2D eigenvalue weighted by molar-refractivity contribution is 9.10. The van der Waals surface area contributed by atoms with Gasteiger partial charge in [-0.3, -0.25) is 0 Å². The molecule has 0 radical (unpaired) electrons. The maximum Gasteiger partial charge on any atom is 0.137 e. The zero-order valence-corrected chi connectivity index (χ0v) is 11.9. The monoisotopic (exact) mass is 315 g/mol. The lowest BCUT2D eigenvalue weighted by Crippen LogP contribution is -2.34. The van der Waals surface area contributed by atoms with E-state index in [1.807, 2.05) is 0 Å². The summed E-state index contributed by atoms with van der Waals surface area (Å²) in [7, 11) is 0. The molecule has 0 aromatic heterocycles. The smallest absolute Gasteiger partial charge is 0.137 e. The van der Waals surface area contributed by atoms with Crippen LogP contribution in [0.25, 0.3) is 0 Å². The van der Waals surface area contributed by atoms with Crippen LogP contribution in [0.5, 0.6) is 0 Å².